The zero-order valence-electron chi connectivity index (χ0n) is 15.0. The largest absolute Gasteiger partial charge is 0.360 e. The number of nitrogens with zero attached hydrogens (tertiary/aromatic N) is 3. The summed E-state index contributed by atoms with van der Waals surface area (Å²) in [5.74, 6) is 0.882. The molecule has 1 aliphatic rings. The molecule has 3 aromatic rings. The van der Waals surface area contributed by atoms with E-state index in [1.54, 1.807) is 6.20 Å². The fourth-order valence-corrected chi connectivity index (χ4v) is 6.12. The monoisotopic (exact) mass is 404 g/mol. The van der Waals surface area contributed by atoms with Crippen molar-refractivity contribution in [2.45, 2.75) is 29.7 Å². The minimum Gasteiger partial charge on any atom is -0.360 e. The number of aromatic nitrogens is 4. The molecule has 1 aromatic carbocycles. The van der Waals surface area contributed by atoms with Gasteiger partial charge in [-0.25, -0.2) is 8.42 Å². The first-order chi connectivity index (χ1) is 12.9. The summed E-state index contributed by atoms with van der Waals surface area (Å²) < 4.78 is 25.3. The molecule has 3 heterocycles. The molecular formula is C18H20N4O3S2. The van der Waals surface area contributed by atoms with E-state index >= 15 is 0 Å². The summed E-state index contributed by atoms with van der Waals surface area (Å²) >= 11 is 1.34. The lowest BCUT2D eigenvalue weighted by atomic mass is 10.1. The van der Waals surface area contributed by atoms with Gasteiger partial charge < -0.3 is 9.55 Å². The summed E-state index contributed by atoms with van der Waals surface area (Å²) in [4.78, 5) is 16.0. The molecule has 2 atom stereocenters. The SMILES string of the molecule is CC(Sc1nnc(C2CCS(=O)(=O)C2)n1C)C(=O)c1c[nH]c2ccccc12. The minimum absolute atomic E-state index is 0.0189. The van der Waals surface area contributed by atoms with Crippen LogP contribution in [0.1, 0.15) is 35.4 Å². The van der Waals surface area contributed by atoms with Crippen LogP contribution in [-0.4, -0.2) is 50.7 Å². The van der Waals surface area contributed by atoms with Gasteiger partial charge in [0.1, 0.15) is 5.82 Å². The lowest BCUT2D eigenvalue weighted by Crippen LogP contribution is -2.14. The van der Waals surface area contributed by atoms with E-state index in [0.717, 1.165) is 10.9 Å². The van der Waals surface area contributed by atoms with E-state index < -0.39 is 9.84 Å². The molecule has 1 fully saturated rings. The van der Waals surface area contributed by atoms with Crippen LogP contribution in [0.5, 0.6) is 0 Å². The minimum atomic E-state index is -2.98. The zero-order chi connectivity index (χ0) is 19.2. The third kappa shape index (κ3) is 3.41. The first-order valence-electron chi connectivity index (χ1n) is 8.72. The molecule has 0 bridgehead atoms. The van der Waals surface area contributed by atoms with Gasteiger partial charge in [0, 0.05) is 35.6 Å². The van der Waals surface area contributed by atoms with Crippen molar-refractivity contribution in [2.75, 3.05) is 11.5 Å². The molecule has 1 aliphatic heterocycles. The average molecular weight is 405 g/mol. The van der Waals surface area contributed by atoms with Crippen LogP contribution in [0.3, 0.4) is 0 Å². The van der Waals surface area contributed by atoms with Crippen LogP contribution in [0.4, 0.5) is 0 Å². The smallest absolute Gasteiger partial charge is 0.191 e. The van der Waals surface area contributed by atoms with Crippen LogP contribution in [0.25, 0.3) is 10.9 Å². The summed E-state index contributed by atoms with van der Waals surface area (Å²) in [6, 6.07) is 7.71. The van der Waals surface area contributed by atoms with Crippen LogP contribution in [0.2, 0.25) is 0 Å². The molecular weight excluding hydrogens is 384 g/mol. The topological polar surface area (TPSA) is 97.7 Å². The van der Waals surface area contributed by atoms with Gasteiger partial charge in [-0.3, -0.25) is 4.79 Å². The van der Waals surface area contributed by atoms with Gasteiger partial charge in [0.15, 0.2) is 20.8 Å². The number of thioether (sulfide) groups is 1. The molecule has 0 radical (unpaired) electrons. The van der Waals surface area contributed by atoms with E-state index in [1.165, 1.54) is 11.8 Å². The first-order valence-corrected chi connectivity index (χ1v) is 11.4. The fraction of sp³-hybridized carbons (Fsp3) is 0.389. The Bertz CT molecular complexity index is 1120. The second kappa shape index (κ2) is 6.79. The predicted molar refractivity (Wildman–Crippen MR) is 105 cm³/mol. The molecule has 7 nitrogen and oxygen atoms in total. The molecule has 0 amide bonds. The number of Topliss-reactive ketones (excluding diaryl/α,β-unsaturated/α-hetero) is 1. The van der Waals surface area contributed by atoms with Crippen LogP contribution in [0.15, 0.2) is 35.6 Å². The predicted octanol–water partition coefficient (Wildman–Crippen LogP) is 2.56. The second-order valence-corrected chi connectivity index (χ2v) is 10.4. The van der Waals surface area contributed by atoms with E-state index in [4.69, 9.17) is 0 Å². The molecule has 142 valence electrons. The van der Waals surface area contributed by atoms with Crippen molar-refractivity contribution in [1.82, 2.24) is 19.7 Å². The van der Waals surface area contributed by atoms with E-state index in [9.17, 15) is 13.2 Å². The number of rotatable bonds is 5. The van der Waals surface area contributed by atoms with E-state index in [2.05, 4.69) is 15.2 Å². The number of sulfone groups is 1. The van der Waals surface area contributed by atoms with Gasteiger partial charge in [-0.15, -0.1) is 10.2 Å². The van der Waals surface area contributed by atoms with Crippen LogP contribution < -0.4 is 0 Å². The molecule has 0 aliphatic carbocycles. The van der Waals surface area contributed by atoms with Gasteiger partial charge in [0.2, 0.25) is 0 Å². The highest BCUT2D eigenvalue weighted by atomic mass is 32.2. The van der Waals surface area contributed by atoms with Crippen molar-refractivity contribution in [3.63, 3.8) is 0 Å². The number of carbonyl (C=O) groups excluding carboxylic acids is 1. The molecule has 1 saturated heterocycles. The fourth-order valence-electron chi connectivity index (χ4n) is 3.49. The van der Waals surface area contributed by atoms with E-state index in [0.29, 0.717) is 23.0 Å². The summed E-state index contributed by atoms with van der Waals surface area (Å²) in [5, 5.41) is 9.58. The van der Waals surface area contributed by atoms with Gasteiger partial charge in [-0.1, -0.05) is 30.0 Å². The highest BCUT2D eigenvalue weighted by Crippen LogP contribution is 2.31. The number of fused-ring (bicyclic) bond motifs is 1. The Morgan fingerprint density at radius 2 is 2.11 bits per heavy atom. The molecule has 0 spiro atoms. The van der Waals surface area contributed by atoms with Crippen molar-refractivity contribution in [3.05, 3.63) is 41.9 Å². The van der Waals surface area contributed by atoms with Crippen molar-refractivity contribution < 1.29 is 13.2 Å². The van der Waals surface area contributed by atoms with Crippen molar-refractivity contribution >= 4 is 38.3 Å². The summed E-state index contributed by atoms with van der Waals surface area (Å²) in [6.07, 6.45) is 2.32. The van der Waals surface area contributed by atoms with Gasteiger partial charge in [0.05, 0.1) is 16.8 Å². The van der Waals surface area contributed by atoms with Crippen LogP contribution >= 0.6 is 11.8 Å². The highest BCUT2D eigenvalue weighted by molar-refractivity contribution is 8.00. The zero-order valence-corrected chi connectivity index (χ0v) is 16.7. The van der Waals surface area contributed by atoms with Crippen molar-refractivity contribution in [1.29, 1.82) is 0 Å². The molecule has 9 heteroatoms. The third-order valence-electron chi connectivity index (χ3n) is 4.97. The Labute approximate surface area is 161 Å². The van der Waals surface area contributed by atoms with Crippen LogP contribution in [0, 0.1) is 0 Å². The number of H-pyrrole nitrogens is 1. The molecule has 4 rings (SSSR count). The molecule has 2 aromatic heterocycles. The average Bonchev–Trinajstić information content (AvgIpc) is 3.32. The van der Waals surface area contributed by atoms with E-state index in [1.807, 2.05) is 42.8 Å². The van der Waals surface area contributed by atoms with Crippen molar-refractivity contribution in [2.24, 2.45) is 7.05 Å². The number of benzene rings is 1. The standard InChI is InChI=1S/C18H20N4O3S2/c1-11(16(23)14-9-19-15-6-4-3-5-13(14)15)26-18-21-20-17(22(18)2)12-7-8-27(24,25)10-12/h3-6,9,11-12,19H,7-8,10H2,1-2H3. The normalized spacial score (nSPS) is 20.1. The Morgan fingerprint density at radius 1 is 1.33 bits per heavy atom. The number of aromatic amines is 1. The Morgan fingerprint density at radius 3 is 2.85 bits per heavy atom. The maximum Gasteiger partial charge on any atom is 0.191 e. The summed E-state index contributed by atoms with van der Waals surface area (Å²) in [6.45, 7) is 1.85. The van der Waals surface area contributed by atoms with Crippen LogP contribution in [-0.2, 0) is 16.9 Å². The highest BCUT2D eigenvalue weighted by Gasteiger charge is 2.33. The van der Waals surface area contributed by atoms with E-state index in [-0.39, 0.29) is 28.5 Å². The Hall–Kier alpha value is -2.13. The number of hydrogen-bond acceptors (Lipinski definition) is 6. The van der Waals surface area contributed by atoms with Crippen molar-refractivity contribution in [3.8, 4) is 0 Å². The number of para-hydroxylation sites is 1. The Balaban J connectivity index is 1.53. The Kier molecular flexibility index (Phi) is 4.59. The summed E-state index contributed by atoms with van der Waals surface area (Å²) in [5.41, 5.74) is 1.59. The molecule has 0 saturated carbocycles. The lowest BCUT2D eigenvalue weighted by Gasteiger charge is -2.11. The third-order valence-corrected chi connectivity index (χ3v) is 7.87. The van der Waals surface area contributed by atoms with Gasteiger partial charge in [-0.05, 0) is 19.4 Å². The van der Waals surface area contributed by atoms with Gasteiger partial charge in [-0.2, -0.15) is 0 Å². The molecule has 1 N–H and O–H groups in total. The molecule has 2 unspecified atom stereocenters. The van der Waals surface area contributed by atoms with Gasteiger partial charge in [0.25, 0.3) is 0 Å². The molecule has 27 heavy (non-hydrogen) atoms. The number of ketones is 1. The first kappa shape index (κ1) is 18.2. The summed E-state index contributed by atoms with van der Waals surface area (Å²) in [7, 11) is -1.16. The second-order valence-electron chi connectivity index (χ2n) is 6.87. The maximum atomic E-state index is 12.9. The quantitative estimate of drug-likeness (QED) is 0.518. The number of carbonyl (C=O) groups is 1. The lowest BCUT2D eigenvalue weighted by molar-refractivity contribution is 0.0995. The van der Waals surface area contributed by atoms with Gasteiger partial charge >= 0.3 is 0 Å². The number of nitrogens with one attached hydrogen (secondary N) is 1. The number of hydrogen-bond donors (Lipinski definition) is 1. The maximum absolute atomic E-state index is 12.9.